The highest BCUT2D eigenvalue weighted by Gasteiger charge is 2.31. The van der Waals surface area contributed by atoms with Crippen molar-refractivity contribution in [1.82, 2.24) is 4.90 Å². The molecule has 18 heavy (non-hydrogen) atoms. The largest absolute Gasteiger partial charge is 0.338 e. The van der Waals surface area contributed by atoms with Crippen molar-refractivity contribution in [2.75, 3.05) is 13.6 Å². The van der Waals surface area contributed by atoms with Crippen molar-refractivity contribution < 1.29 is 4.79 Å². The van der Waals surface area contributed by atoms with Gasteiger partial charge < -0.3 is 10.6 Å². The molecule has 2 unspecified atom stereocenters. The van der Waals surface area contributed by atoms with Crippen molar-refractivity contribution in [1.29, 1.82) is 0 Å². The number of carbonyl (C=O) groups excluding carboxylic acids is 1. The summed E-state index contributed by atoms with van der Waals surface area (Å²) in [6.45, 7) is 0.653. The van der Waals surface area contributed by atoms with E-state index >= 15 is 0 Å². The van der Waals surface area contributed by atoms with Gasteiger partial charge in [0.25, 0.3) is 5.91 Å². The average Bonchev–Trinajstić information content (AvgIpc) is 2.83. The quantitative estimate of drug-likeness (QED) is 0.928. The molecular weight excluding hydrogens is 268 g/mol. The lowest BCUT2D eigenvalue weighted by molar-refractivity contribution is 0.0625. The van der Waals surface area contributed by atoms with E-state index in [0.717, 1.165) is 12.8 Å². The number of amides is 1. The Labute approximate surface area is 117 Å². The van der Waals surface area contributed by atoms with Crippen molar-refractivity contribution in [3.05, 3.63) is 21.3 Å². The molecule has 0 spiro atoms. The molecule has 0 aliphatic heterocycles. The van der Waals surface area contributed by atoms with Crippen LogP contribution in [0.3, 0.4) is 0 Å². The van der Waals surface area contributed by atoms with Gasteiger partial charge in [0.2, 0.25) is 0 Å². The van der Waals surface area contributed by atoms with E-state index in [0.29, 0.717) is 22.4 Å². The molecule has 0 saturated heterocycles. The number of hydrogen-bond donors (Lipinski definition) is 1. The topological polar surface area (TPSA) is 46.3 Å². The van der Waals surface area contributed by atoms with Gasteiger partial charge in [-0.05, 0) is 36.8 Å². The maximum Gasteiger partial charge on any atom is 0.265 e. The first-order valence-electron chi connectivity index (χ1n) is 6.35. The summed E-state index contributed by atoms with van der Waals surface area (Å²) in [5, 5.41) is 2.40. The van der Waals surface area contributed by atoms with E-state index in [1.807, 2.05) is 17.3 Å². The maximum absolute atomic E-state index is 12.4. The fourth-order valence-electron chi connectivity index (χ4n) is 2.73. The molecule has 2 rings (SSSR count). The highest BCUT2D eigenvalue weighted by molar-refractivity contribution is 7.12. The molecule has 0 bridgehead atoms. The van der Waals surface area contributed by atoms with Crippen LogP contribution in [0, 0.1) is 5.92 Å². The molecule has 1 aromatic rings. The van der Waals surface area contributed by atoms with Gasteiger partial charge >= 0.3 is 0 Å². The SMILES string of the molecule is CN(C(=O)c1sccc1Cl)C1CCCCC1CN. The monoisotopic (exact) mass is 286 g/mol. The van der Waals surface area contributed by atoms with Gasteiger partial charge in [0.1, 0.15) is 4.88 Å². The molecule has 1 amide bonds. The second-order valence-electron chi connectivity index (χ2n) is 4.86. The third-order valence-corrected chi connectivity index (χ3v) is 5.13. The molecule has 0 aromatic carbocycles. The third kappa shape index (κ3) is 2.71. The highest BCUT2D eigenvalue weighted by atomic mass is 35.5. The normalized spacial score (nSPS) is 23.9. The van der Waals surface area contributed by atoms with Crippen molar-refractivity contribution in [2.24, 2.45) is 11.7 Å². The number of carbonyl (C=O) groups is 1. The van der Waals surface area contributed by atoms with Gasteiger partial charge in [0.05, 0.1) is 5.02 Å². The molecule has 2 atom stereocenters. The molecule has 1 heterocycles. The first-order valence-corrected chi connectivity index (χ1v) is 7.61. The summed E-state index contributed by atoms with van der Waals surface area (Å²) < 4.78 is 0. The van der Waals surface area contributed by atoms with Crippen molar-refractivity contribution in [2.45, 2.75) is 31.7 Å². The van der Waals surface area contributed by atoms with Crippen LogP contribution in [0.5, 0.6) is 0 Å². The minimum absolute atomic E-state index is 0.0281. The summed E-state index contributed by atoms with van der Waals surface area (Å²) in [5.41, 5.74) is 5.82. The van der Waals surface area contributed by atoms with Crippen LogP contribution in [-0.2, 0) is 0 Å². The average molecular weight is 287 g/mol. The summed E-state index contributed by atoms with van der Waals surface area (Å²) in [5.74, 6) is 0.451. The van der Waals surface area contributed by atoms with Crippen LogP contribution in [0.15, 0.2) is 11.4 Å². The summed E-state index contributed by atoms with van der Waals surface area (Å²) >= 11 is 7.43. The predicted molar refractivity (Wildman–Crippen MR) is 76.2 cm³/mol. The Morgan fingerprint density at radius 2 is 2.28 bits per heavy atom. The first kappa shape index (κ1) is 13.8. The molecule has 2 N–H and O–H groups in total. The Bertz CT molecular complexity index is 421. The van der Waals surface area contributed by atoms with Gasteiger partial charge in [-0.25, -0.2) is 0 Å². The standard InChI is InChI=1S/C13H19ClN2OS/c1-16(11-5-3-2-4-9(11)8-15)13(17)12-10(14)6-7-18-12/h6-7,9,11H,2-5,8,15H2,1H3. The summed E-state index contributed by atoms with van der Waals surface area (Å²) in [6, 6.07) is 2.03. The van der Waals surface area contributed by atoms with Crippen LogP contribution in [0.25, 0.3) is 0 Å². The zero-order chi connectivity index (χ0) is 13.1. The van der Waals surface area contributed by atoms with Crippen LogP contribution in [-0.4, -0.2) is 30.4 Å². The smallest absolute Gasteiger partial charge is 0.265 e. The zero-order valence-corrected chi connectivity index (χ0v) is 12.1. The molecule has 1 aliphatic carbocycles. The highest BCUT2D eigenvalue weighted by Crippen LogP contribution is 2.30. The first-order chi connectivity index (χ1) is 8.65. The van der Waals surface area contributed by atoms with E-state index in [1.165, 1.54) is 24.2 Å². The molecule has 0 radical (unpaired) electrons. The Morgan fingerprint density at radius 1 is 1.56 bits per heavy atom. The van der Waals surface area contributed by atoms with E-state index in [2.05, 4.69) is 0 Å². The van der Waals surface area contributed by atoms with Gasteiger partial charge in [-0.2, -0.15) is 0 Å². The Kier molecular flexibility index (Phi) is 4.65. The fraction of sp³-hybridized carbons (Fsp3) is 0.615. The van der Waals surface area contributed by atoms with Crippen LogP contribution < -0.4 is 5.73 Å². The van der Waals surface area contributed by atoms with E-state index < -0.39 is 0 Å². The molecule has 1 fully saturated rings. The second-order valence-corrected chi connectivity index (χ2v) is 6.18. The van der Waals surface area contributed by atoms with Crippen molar-refractivity contribution in [3.63, 3.8) is 0 Å². The molecule has 100 valence electrons. The van der Waals surface area contributed by atoms with E-state index in [-0.39, 0.29) is 11.9 Å². The minimum atomic E-state index is 0.0281. The predicted octanol–water partition coefficient (Wildman–Crippen LogP) is 2.99. The van der Waals surface area contributed by atoms with Gasteiger partial charge in [-0.15, -0.1) is 11.3 Å². The number of thiophene rings is 1. The summed E-state index contributed by atoms with van der Waals surface area (Å²) in [6.07, 6.45) is 4.57. The second kappa shape index (κ2) is 6.04. The Balaban J connectivity index is 2.12. The summed E-state index contributed by atoms with van der Waals surface area (Å²) in [7, 11) is 1.87. The Hall–Kier alpha value is -0.580. The number of rotatable bonds is 3. The lowest BCUT2D eigenvalue weighted by Gasteiger charge is -2.37. The van der Waals surface area contributed by atoms with Gasteiger partial charge in [0.15, 0.2) is 0 Å². The lowest BCUT2D eigenvalue weighted by Crippen LogP contribution is -2.45. The van der Waals surface area contributed by atoms with Crippen LogP contribution >= 0.6 is 22.9 Å². The molecule has 1 aromatic heterocycles. The van der Waals surface area contributed by atoms with Crippen molar-refractivity contribution >= 4 is 28.8 Å². The van der Waals surface area contributed by atoms with Crippen molar-refractivity contribution in [3.8, 4) is 0 Å². The summed E-state index contributed by atoms with van der Waals surface area (Å²) in [4.78, 5) is 14.9. The number of halogens is 1. The molecule has 1 saturated carbocycles. The molecule has 1 aliphatic rings. The van der Waals surface area contributed by atoms with Gasteiger partial charge in [-0.1, -0.05) is 24.4 Å². The lowest BCUT2D eigenvalue weighted by atomic mass is 9.83. The molecular formula is C13H19ClN2OS. The number of nitrogens with zero attached hydrogens (tertiary/aromatic N) is 1. The Morgan fingerprint density at radius 3 is 2.89 bits per heavy atom. The van der Waals surface area contributed by atoms with Gasteiger partial charge in [0, 0.05) is 13.1 Å². The fourth-order valence-corrected chi connectivity index (χ4v) is 3.85. The zero-order valence-electron chi connectivity index (χ0n) is 10.6. The minimum Gasteiger partial charge on any atom is -0.338 e. The maximum atomic E-state index is 12.4. The van der Waals surface area contributed by atoms with E-state index in [1.54, 1.807) is 6.07 Å². The number of hydrogen-bond acceptors (Lipinski definition) is 3. The molecule has 5 heteroatoms. The van der Waals surface area contributed by atoms with E-state index in [9.17, 15) is 4.79 Å². The number of nitrogens with two attached hydrogens (primary N) is 1. The van der Waals surface area contributed by atoms with Crippen LogP contribution in [0.1, 0.15) is 35.4 Å². The molecule has 3 nitrogen and oxygen atoms in total. The van der Waals surface area contributed by atoms with Gasteiger partial charge in [-0.3, -0.25) is 4.79 Å². The van der Waals surface area contributed by atoms with Crippen LogP contribution in [0.4, 0.5) is 0 Å². The van der Waals surface area contributed by atoms with E-state index in [4.69, 9.17) is 17.3 Å². The van der Waals surface area contributed by atoms with Crippen LogP contribution in [0.2, 0.25) is 5.02 Å². The third-order valence-electron chi connectivity index (χ3n) is 3.80.